The van der Waals surface area contributed by atoms with Crippen LogP contribution in [0.1, 0.15) is 31.7 Å². The van der Waals surface area contributed by atoms with Gasteiger partial charge in [-0.05, 0) is 48.2 Å². The SMILES string of the molecule is CC[C@@H](C)c1ccccc1OCC(=O)Nc1ccc(OCC(=O)[O-])cc1. The summed E-state index contributed by atoms with van der Waals surface area (Å²) < 4.78 is 10.7. The standard InChI is InChI=1S/C20H23NO5/c1-3-14(2)17-6-4-5-7-18(17)26-12-19(22)21-15-8-10-16(11-9-15)25-13-20(23)24/h4-11,14H,3,12-13H2,1-2H3,(H,21,22)(H,23,24)/p-1/t14-/m1/s1. The van der Waals surface area contributed by atoms with E-state index in [-0.39, 0.29) is 12.5 Å². The summed E-state index contributed by atoms with van der Waals surface area (Å²) in [6.07, 6.45) is 0.985. The van der Waals surface area contributed by atoms with Crippen molar-refractivity contribution in [2.24, 2.45) is 0 Å². The van der Waals surface area contributed by atoms with Gasteiger partial charge in [0.15, 0.2) is 6.61 Å². The smallest absolute Gasteiger partial charge is 0.262 e. The van der Waals surface area contributed by atoms with Gasteiger partial charge < -0.3 is 24.7 Å². The Hall–Kier alpha value is -3.02. The lowest BCUT2D eigenvalue weighted by Crippen LogP contribution is -2.28. The van der Waals surface area contributed by atoms with Gasteiger partial charge in [-0.1, -0.05) is 32.0 Å². The highest BCUT2D eigenvalue weighted by Gasteiger charge is 2.11. The molecule has 0 aliphatic carbocycles. The maximum Gasteiger partial charge on any atom is 0.262 e. The van der Waals surface area contributed by atoms with Crippen molar-refractivity contribution in [3.05, 3.63) is 54.1 Å². The van der Waals surface area contributed by atoms with Crippen molar-refractivity contribution in [3.8, 4) is 11.5 Å². The number of rotatable bonds is 9. The third kappa shape index (κ3) is 5.81. The fourth-order valence-corrected chi connectivity index (χ4v) is 2.36. The molecule has 2 aromatic rings. The van der Waals surface area contributed by atoms with Crippen molar-refractivity contribution in [1.82, 2.24) is 0 Å². The van der Waals surface area contributed by atoms with E-state index in [1.54, 1.807) is 24.3 Å². The van der Waals surface area contributed by atoms with Gasteiger partial charge in [-0.3, -0.25) is 4.79 Å². The number of aliphatic carboxylic acids is 1. The van der Waals surface area contributed by atoms with Gasteiger partial charge in [-0.2, -0.15) is 0 Å². The number of carbonyl (C=O) groups is 2. The number of carbonyl (C=O) groups excluding carboxylic acids is 2. The number of nitrogens with one attached hydrogen (secondary N) is 1. The summed E-state index contributed by atoms with van der Waals surface area (Å²) in [6, 6.07) is 14.1. The third-order valence-electron chi connectivity index (χ3n) is 3.92. The Morgan fingerprint density at radius 3 is 2.38 bits per heavy atom. The number of hydrogen-bond donors (Lipinski definition) is 1. The van der Waals surface area contributed by atoms with Crippen LogP contribution in [0.3, 0.4) is 0 Å². The summed E-state index contributed by atoms with van der Waals surface area (Å²) in [6.45, 7) is 3.60. The summed E-state index contributed by atoms with van der Waals surface area (Å²) in [5.74, 6) is -0.138. The van der Waals surface area contributed by atoms with Gasteiger partial charge in [0.2, 0.25) is 0 Å². The summed E-state index contributed by atoms with van der Waals surface area (Å²) in [5.41, 5.74) is 1.65. The molecule has 0 heterocycles. The van der Waals surface area contributed by atoms with Crippen LogP contribution in [0.5, 0.6) is 11.5 Å². The van der Waals surface area contributed by atoms with Gasteiger partial charge >= 0.3 is 0 Å². The number of benzene rings is 2. The lowest BCUT2D eigenvalue weighted by Gasteiger charge is -2.15. The van der Waals surface area contributed by atoms with Gasteiger partial charge in [0.1, 0.15) is 18.1 Å². The predicted molar refractivity (Wildman–Crippen MR) is 96.2 cm³/mol. The van der Waals surface area contributed by atoms with E-state index in [0.29, 0.717) is 23.1 Å². The molecule has 0 radical (unpaired) electrons. The summed E-state index contributed by atoms with van der Waals surface area (Å²) in [4.78, 5) is 22.4. The molecular formula is C20H22NO5-. The van der Waals surface area contributed by atoms with E-state index < -0.39 is 12.6 Å². The number of ether oxygens (including phenoxy) is 2. The average molecular weight is 356 g/mol. The van der Waals surface area contributed by atoms with E-state index in [1.165, 1.54) is 0 Å². The molecule has 0 aliphatic heterocycles. The van der Waals surface area contributed by atoms with Gasteiger partial charge in [-0.25, -0.2) is 0 Å². The summed E-state index contributed by atoms with van der Waals surface area (Å²) in [5, 5.41) is 13.1. The van der Waals surface area contributed by atoms with Crippen LogP contribution in [0.2, 0.25) is 0 Å². The zero-order valence-corrected chi connectivity index (χ0v) is 14.9. The first-order valence-electron chi connectivity index (χ1n) is 8.44. The maximum atomic E-state index is 12.1. The van der Waals surface area contributed by atoms with E-state index in [1.807, 2.05) is 24.3 Å². The zero-order chi connectivity index (χ0) is 18.9. The van der Waals surface area contributed by atoms with Crippen LogP contribution < -0.4 is 19.9 Å². The minimum absolute atomic E-state index is 0.101. The molecule has 2 aromatic carbocycles. The number of carboxylic acid groups (broad SMARTS) is 1. The van der Waals surface area contributed by atoms with Crippen LogP contribution in [0, 0.1) is 0 Å². The second-order valence-corrected chi connectivity index (χ2v) is 5.87. The first-order chi connectivity index (χ1) is 12.5. The van der Waals surface area contributed by atoms with Gasteiger partial charge in [0, 0.05) is 5.69 Å². The molecular weight excluding hydrogens is 334 g/mol. The highest BCUT2D eigenvalue weighted by Crippen LogP contribution is 2.28. The van der Waals surface area contributed by atoms with E-state index in [9.17, 15) is 14.7 Å². The first kappa shape index (κ1) is 19.3. The van der Waals surface area contributed by atoms with Crippen molar-refractivity contribution >= 4 is 17.6 Å². The lowest BCUT2D eigenvalue weighted by molar-refractivity contribution is -0.307. The Kier molecular flexibility index (Phi) is 7.02. The quantitative estimate of drug-likeness (QED) is 0.745. The molecule has 1 N–H and O–H groups in total. The van der Waals surface area contributed by atoms with Crippen molar-refractivity contribution in [3.63, 3.8) is 0 Å². The Labute approximate surface area is 152 Å². The molecule has 0 fully saturated rings. The molecule has 1 amide bonds. The highest BCUT2D eigenvalue weighted by atomic mass is 16.5. The fraction of sp³-hybridized carbons (Fsp3) is 0.300. The molecule has 0 bridgehead atoms. The minimum atomic E-state index is -1.29. The molecule has 0 spiro atoms. The number of anilines is 1. The maximum absolute atomic E-state index is 12.1. The zero-order valence-electron chi connectivity index (χ0n) is 14.9. The van der Waals surface area contributed by atoms with Crippen LogP contribution in [0.25, 0.3) is 0 Å². The average Bonchev–Trinajstić information content (AvgIpc) is 2.65. The predicted octanol–water partition coefficient (Wildman–Crippen LogP) is 2.35. The van der Waals surface area contributed by atoms with Crippen molar-refractivity contribution < 1.29 is 24.2 Å². The van der Waals surface area contributed by atoms with E-state index in [2.05, 4.69) is 19.2 Å². The number of amides is 1. The van der Waals surface area contributed by atoms with Crippen LogP contribution in [0.4, 0.5) is 5.69 Å². The van der Waals surface area contributed by atoms with E-state index >= 15 is 0 Å². The molecule has 0 unspecified atom stereocenters. The Morgan fingerprint density at radius 1 is 1.04 bits per heavy atom. The molecule has 0 saturated carbocycles. The first-order valence-corrected chi connectivity index (χ1v) is 8.44. The highest BCUT2D eigenvalue weighted by molar-refractivity contribution is 5.91. The minimum Gasteiger partial charge on any atom is -0.546 e. The Balaban J connectivity index is 1.88. The normalized spacial score (nSPS) is 11.5. The lowest BCUT2D eigenvalue weighted by atomic mass is 9.98. The topological polar surface area (TPSA) is 87.7 Å². The van der Waals surface area contributed by atoms with Gasteiger partial charge in [-0.15, -0.1) is 0 Å². The summed E-state index contributed by atoms with van der Waals surface area (Å²) >= 11 is 0. The van der Waals surface area contributed by atoms with Crippen molar-refractivity contribution in [2.75, 3.05) is 18.5 Å². The molecule has 6 nitrogen and oxygen atoms in total. The van der Waals surface area contributed by atoms with Crippen molar-refractivity contribution in [1.29, 1.82) is 0 Å². The third-order valence-corrected chi connectivity index (χ3v) is 3.92. The van der Waals surface area contributed by atoms with Crippen molar-refractivity contribution in [2.45, 2.75) is 26.2 Å². The summed E-state index contributed by atoms with van der Waals surface area (Å²) in [7, 11) is 0. The second kappa shape index (κ2) is 9.46. The molecule has 0 aliphatic rings. The number of carboxylic acids is 1. The van der Waals surface area contributed by atoms with Crippen LogP contribution in [-0.4, -0.2) is 25.1 Å². The fourth-order valence-electron chi connectivity index (χ4n) is 2.36. The van der Waals surface area contributed by atoms with E-state index in [4.69, 9.17) is 9.47 Å². The number of hydrogen-bond acceptors (Lipinski definition) is 5. The van der Waals surface area contributed by atoms with Crippen LogP contribution in [0.15, 0.2) is 48.5 Å². The van der Waals surface area contributed by atoms with E-state index in [0.717, 1.165) is 12.0 Å². The molecule has 0 aromatic heterocycles. The Bertz CT molecular complexity index is 742. The monoisotopic (exact) mass is 356 g/mol. The molecule has 2 rings (SSSR count). The molecule has 0 saturated heterocycles. The van der Waals surface area contributed by atoms with Crippen LogP contribution >= 0.6 is 0 Å². The second-order valence-electron chi connectivity index (χ2n) is 5.87. The van der Waals surface area contributed by atoms with Crippen LogP contribution in [-0.2, 0) is 9.59 Å². The Morgan fingerprint density at radius 2 is 1.73 bits per heavy atom. The molecule has 138 valence electrons. The largest absolute Gasteiger partial charge is 0.546 e. The van der Waals surface area contributed by atoms with Gasteiger partial charge in [0.25, 0.3) is 5.91 Å². The molecule has 6 heteroatoms. The number of para-hydroxylation sites is 1. The molecule has 26 heavy (non-hydrogen) atoms. The van der Waals surface area contributed by atoms with Gasteiger partial charge in [0.05, 0.1) is 5.97 Å². The molecule has 1 atom stereocenters.